The predicted molar refractivity (Wildman–Crippen MR) is 98.7 cm³/mol. The number of likely N-dealkylation sites (tertiary alicyclic amines) is 2. The third kappa shape index (κ3) is 4.40. The van der Waals surface area contributed by atoms with Crippen molar-refractivity contribution in [2.75, 3.05) is 51.8 Å². The topological polar surface area (TPSA) is 74.8 Å². The number of nitrogens with one attached hydrogen (secondary N) is 1. The summed E-state index contributed by atoms with van der Waals surface area (Å²) in [4.78, 5) is 33.2. The van der Waals surface area contributed by atoms with Crippen LogP contribution in [-0.2, 0) is 14.3 Å². The molecule has 0 saturated carbocycles. The van der Waals surface area contributed by atoms with Crippen molar-refractivity contribution in [2.24, 2.45) is 5.41 Å². The first-order chi connectivity index (χ1) is 12.6. The number of carbonyl (C=O) groups is 2. The highest BCUT2D eigenvalue weighted by atomic mass is 16.5. The smallest absolute Gasteiger partial charge is 0.230 e. The fraction of sp³-hybridized carbons (Fsp3) is 0.632. The molecule has 1 aromatic rings. The molecule has 0 aliphatic carbocycles. The normalized spacial score (nSPS) is 23.6. The molecule has 0 radical (unpaired) electrons. The number of ether oxygens (including phenoxy) is 1. The van der Waals surface area contributed by atoms with Gasteiger partial charge in [-0.1, -0.05) is 0 Å². The lowest BCUT2D eigenvalue weighted by Gasteiger charge is -2.39. The van der Waals surface area contributed by atoms with E-state index >= 15 is 0 Å². The van der Waals surface area contributed by atoms with Crippen molar-refractivity contribution >= 4 is 17.5 Å². The molecule has 2 aliphatic heterocycles. The van der Waals surface area contributed by atoms with E-state index in [1.54, 1.807) is 25.6 Å². The quantitative estimate of drug-likeness (QED) is 0.795. The van der Waals surface area contributed by atoms with Crippen LogP contribution in [0.3, 0.4) is 0 Å². The molecule has 2 saturated heterocycles. The molecule has 3 heterocycles. The Balaban J connectivity index is 1.48. The van der Waals surface area contributed by atoms with Gasteiger partial charge in [0.2, 0.25) is 11.8 Å². The molecule has 26 heavy (non-hydrogen) atoms. The van der Waals surface area contributed by atoms with Gasteiger partial charge in [0.25, 0.3) is 0 Å². The molecule has 3 rings (SSSR count). The molecule has 0 bridgehead atoms. The van der Waals surface area contributed by atoms with E-state index in [1.165, 1.54) is 0 Å². The van der Waals surface area contributed by atoms with E-state index in [9.17, 15) is 9.59 Å². The number of pyridine rings is 1. The summed E-state index contributed by atoms with van der Waals surface area (Å²) in [5, 5.41) is 2.86. The average Bonchev–Trinajstić information content (AvgIpc) is 3.06. The number of methoxy groups -OCH3 is 1. The maximum Gasteiger partial charge on any atom is 0.230 e. The lowest BCUT2D eigenvalue weighted by molar-refractivity contribution is -0.146. The van der Waals surface area contributed by atoms with Gasteiger partial charge in [-0.2, -0.15) is 0 Å². The van der Waals surface area contributed by atoms with Crippen LogP contribution in [0.5, 0.6) is 0 Å². The zero-order chi connectivity index (χ0) is 18.4. The number of hydrogen-bond acceptors (Lipinski definition) is 5. The van der Waals surface area contributed by atoms with Crippen LogP contribution in [0.15, 0.2) is 24.5 Å². The van der Waals surface area contributed by atoms with Gasteiger partial charge in [-0.25, -0.2) is 0 Å². The van der Waals surface area contributed by atoms with Crippen LogP contribution in [0, 0.1) is 5.41 Å². The molecule has 142 valence electrons. The average molecular weight is 360 g/mol. The Morgan fingerprint density at radius 1 is 1.35 bits per heavy atom. The number of amides is 2. The van der Waals surface area contributed by atoms with E-state index in [4.69, 9.17) is 4.74 Å². The summed E-state index contributed by atoms with van der Waals surface area (Å²) < 4.78 is 5.13. The third-order valence-electron chi connectivity index (χ3n) is 5.42. The first-order valence-electron chi connectivity index (χ1n) is 9.33. The van der Waals surface area contributed by atoms with Gasteiger partial charge in [0.15, 0.2) is 0 Å². The largest absolute Gasteiger partial charge is 0.383 e. The molecule has 2 fully saturated rings. The second kappa shape index (κ2) is 8.60. The van der Waals surface area contributed by atoms with E-state index in [2.05, 4.69) is 15.2 Å². The van der Waals surface area contributed by atoms with E-state index in [-0.39, 0.29) is 17.2 Å². The molecule has 1 spiro atoms. The van der Waals surface area contributed by atoms with Crippen LogP contribution in [0.1, 0.15) is 25.7 Å². The molecule has 1 aromatic heterocycles. The van der Waals surface area contributed by atoms with Gasteiger partial charge in [0.1, 0.15) is 0 Å². The summed E-state index contributed by atoms with van der Waals surface area (Å²) in [6.45, 7) is 4.40. The summed E-state index contributed by atoms with van der Waals surface area (Å²) in [5.41, 5.74) is 0.456. The van der Waals surface area contributed by atoms with Crippen molar-refractivity contribution < 1.29 is 14.3 Å². The molecule has 1 atom stereocenters. The molecule has 2 aliphatic rings. The molecule has 0 unspecified atom stereocenters. The Kier molecular flexibility index (Phi) is 6.21. The molecular weight excluding hydrogens is 332 g/mol. The molecular formula is C19H28N4O3. The highest BCUT2D eigenvalue weighted by Crippen LogP contribution is 2.40. The number of aromatic nitrogens is 1. The van der Waals surface area contributed by atoms with Gasteiger partial charge in [-0.15, -0.1) is 0 Å². The minimum absolute atomic E-state index is 0.0179. The highest BCUT2D eigenvalue weighted by Gasteiger charge is 2.47. The number of rotatable bonds is 7. The Bertz CT molecular complexity index is 624. The second-order valence-electron chi connectivity index (χ2n) is 7.23. The van der Waals surface area contributed by atoms with Gasteiger partial charge in [-0.3, -0.25) is 14.6 Å². The minimum Gasteiger partial charge on any atom is -0.383 e. The van der Waals surface area contributed by atoms with Crippen LogP contribution in [-0.4, -0.2) is 73.0 Å². The Hall–Kier alpha value is -1.99. The lowest BCUT2D eigenvalue weighted by Crippen LogP contribution is -2.51. The van der Waals surface area contributed by atoms with Crippen LogP contribution in [0.25, 0.3) is 0 Å². The number of hydrogen-bond donors (Lipinski definition) is 1. The van der Waals surface area contributed by atoms with Crippen molar-refractivity contribution in [1.29, 1.82) is 0 Å². The zero-order valence-electron chi connectivity index (χ0n) is 15.4. The summed E-state index contributed by atoms with van der Waals surface area (Å²) in [7, 11) is 1.66. The van der Waals surface area contributed by atoms with E-state index in [1.807, 2.05) is 11.0 Å². The standard InChI is InChI=1S/C19H28N4O3/c1-26-13-12-23-9-3-6-19(18(23)25)7-11-22(15-19)10-5-17(24)21-16-4-2-8-20-14-16/h2,4,8,14H,3,5-7,9-13,15H2,1H3,(H,21,24)/t19-/m1/s1. The second-order valence-corrected chi connectivity index (χ2v) is 7.23. The van der Waals surface area contributed by atoms with Crippen molar-refractivity contribution in [2.45, 2.75) is 25.7 Å². The van der Waals surface area contributed by atoms with Gasteiger partial charge < -0.3 is 19.9 Å². The molecule has 1 N–H and O–H groups in total. The fourth-order valence-corrected chi connectivity index (χ4v) is 4.01. The lowest BCUT2D eigenvalue weighted by atomic mass is 9.78. The Labute approximate surface area is 154 Å². The Morgan fingerprint density at radius 3 is 3.00 bits per heavy atom. The maximum atomic E-state index is 12.9. The third-order valence-corrected chi connectivity index (χ3v) is 5.42. The summed E-state index contributed by atoms with van der Waals surface area (Å²) in [6, 6.07) is 3.62. The molecule has 7 heteroatoms. The molecule has 2 amide bonds. The van der Waals surface area contributed by atoms with Crippen LogP contribution in [0.4, 0.5) is 5.69 Å². The van der Waals surface area contributed by atoms with Crippen molar-refractivity contribution in [1.82, 2.24) is 14.8 Å². The van der Waals surface area contributed by atoms with Gasteiger partial charge in [0.05, 0.1) is 23.9 Å². The van der Waals surface area contributed by atoms with Crippen molar-refractivity contribution in [3.63, 3.8) is 0 Å². The van der Waals surface area contributed by atoms with Crippen LogP contribution < -0.4 is 5.32 Å². The summed E-state index contributed by atoms with van der Waals surface area (Å²) in [6.07, 6.45) is 6.62. The first-order valence-corrected chi connectivity index (χ1v) is 9.33. The fourth-order valence-electron chi connectivity index (χ4n) is 4.01. The van der Waals surface area contributed by atoms with Gasteiger partial charge in [-0.05, 0) is 37.9 Å². The van der Waals surface area contributed by atoms with Crippen LogP contribution in [0.2, 0.25) is 0 Å². The monoisotopic (exact) mass is 360 g/mol. The molecule has 0 aromatic carbocycles. The summed E-state index contributed by atoms with van der Waals surface area (Å²) in [5.74, 6) is 0.249. The first kappa shape index (κ1) is 18.8. The number of piperidine rings is 1. The van der Waals surface area contributed by atoms with E-state index < -0.39 is 0 Å². The predicted octanol–water partition coefficient (Wildman–Crippen LogP) is 1.37. The highest BCUT2D eigenvalue weighted by molar-refractivity contribution is 5.90. The number of carbonyl (C=O) groups excluding carboxylic acids is 2. The van der Waals surface area contributed by atoms with Gasteiger partial charge in [0, 0.05) is 45.9 Å². The maximum absolute atomic E-state index is 12.9. The summed E-state index contributed by atoms with van der Waals surface area (Å²) >= 11 is 0. The number of anilines is 1. The van der Waals surface area contributed by atoms with Gasteiger partial charge >= 0.3 is 0 Å². The zero-order valence-corrected chi connectivity index (χ0v) is 15.4. The SMILES string of the molecule is COCCN1CCC[C@]2(CCN(CCC(=O)Nc3cccnc3)C2)C1=O. The van der Waals surface area contributed by atoms with Crippen molar-refractivity contribution in [3.8, 4) is 0 Å². The Morgan fingerprint density at radius 2 is 2.23 bits per heavy atom. The molecule has 7 nitrogen and oxygen atoms in total. The van der Waals surface area contributed by atoms with Crippen molar-refractivity contribution in [3.05, 3.63) is 24.5 Å². The van der Waals surface area contributed by atoms with E-state index in [0.717, 1.165) is 38.9 Å². The number of nitrogens with zero attached hydrogens (tertiary/aromatic N) is 3. The minimum atomic E-state index is -0.258. The van der Waals surface area contributed by atoms with Crippen LogP contribution >= 0.6 is 0 Å². The van der Waals surface area contributed by atoms with E-state index in [0.29, 0.717) is 31.8 Å².